The van der Waals surface area contributed by atoms with E-state index < -0.39 is 10.0 Å². The van der Waals surface area contributed by atoms with Gasteiger partial charge < -0.3 is 0 Å². The SMILES string of the molecule is Cc1cc(C)c(C)c(S(=O)(=O)Nc2cccc(Cn3cccn3)c2)c1C. The molecule has 1 heterocycles. The standard InChI is InChI=1S/C20H23N3O2S/c1-14-11-15(2)17(4)20(16(14)3)26(24,25)22-19-8-5-7-18(12-19)13-23-10-6-9-21-23/h5-12,22H,13H2,1-4H3. The van der Waals surface area contributed by atoms with E-state index in [0.29, 0.717) is 17.1 Å². The number of aryl methyl sites for hydroxylation is 2. The fourth-order valence-corrected chi connectivity index (χ4v) is 4.77. The van der Waals surface area contributed by atoms with Crippen LogP contribution in [-0.4, -0.2) is 18.2 Å². The Labute approximate surface area is 154 Å². The number of rotatable bonds is 5. The summed E-state index contributed by atoms with van der Waals surface area (Å²) < 4.78 is 30.6. The molecule has 0 amide bonds. The number of hydrogen-bond acceptors (Lipinski definition) is 3. The average Bonchev–Trinajstić information content (AvgIpc) is 3.06. The first-order valence-corrected chi connectivity index (χ1v) is 9.93. The average molecular weight is 369 g/mol. The van der Waals surface area contributed by atoms with Crippen molar-refractivity contribution in [1.82, 2.24) is 9.78 Å². The van der Waals surface area contributed by atoms with Crippen LogP contribution in [0.25, 0.3) is 0 Å². The zero-order chi connectivity index (χ0) is 18.9. The van der Waals surface area contributed by atoms with Crippen molar-refractivity contribution < 1.29 is 8.42 Å². The molecule has 0 aliphatic heterocycles. The first-order chi connectivity index (χ1) is 12.3. The van der Waals surface area contributed by atoms with Crippen LogP contribution in [0.3, 0.4) is 0 Å². The van der Waals surface area contributed by atoms with Gasteiger partial charge in [-0.3, -0.25) is 9.40 Å². The van der Waals surface area contributed by atoms with Crippen LogP contribution in [0.1, 0.15) is 27.8 Å². The van der Waals surface area contributed by atoms with Crippen molar-refractivity contribution in [1.29, 1.82) is 0 Å². The topological polar surface area (TPSA) is 64.0 Å². The Morgan fingerprint density at radius 1 is 1.00 bits per heavy atom. The smallest absolute Gasteiger partial charge is 0.262 e. The predicted octanol–water partition coefficient (Wildman–Crippen LogP) is 3.97. The summed E-state index contributed by atoms with van der Waals surface area (Å²) in [5.74, 6) is 0. The third kappa shape index (κ3) is 3.65. The zero-order valence-electron chi connectivity index (χ0n) is 15.4. The maximum absolute atomic E-state index is 13.0. The minimum absolute atomic E-state index is 0.368. The number of sulfonamides is 1. The Morgan fingerprint density at radius 2 is 1.69 bits per heavy atom. The third-order valence-corrected chi connectivity index (χ3v) is 6.30. The van der Waals surface area contributed by atoms with E-state index in [0.717, 1.165) is 27.8 Å². The van der Waals surface area contributed by atoms with E-state index in [9.17, 15) is 8.42 Å². The molecule has 1 N–H and O–H groups in total. The van der Waals surface area contributed by atoms with Gasteiger partial charge in [-0.2, -0.15) is 5.10 Å². The Kier molecular flexibility index (Phi) is 4.87. The van der Waals surface area contributed by atoms with Gasteiger partial charge in [0.1, 0.15) is 0 Å². The summed E-state index contributed by atoms with van der Waals surface area (Å²) in [6.07, 6.45) is 3.59. The van der Waals surface area contributed by atoms with Gasteiger partial charge in [-0.05, 0) is 73.7 Å². The molecule has 0 saturated heterocycles. The lowest BCUT2D eigenvalue weighted by atomic mass is 10.0. The maximum atomic E-state index is 13.0. The van der Waals surface area contributed by atoms with Crippen LogP contribution in [0, 0.1) is 27.7 Å². The summed E-state index contributed by atoms with van der Waals surface area (Å²) in [6.45, 7) is 8.16. The number of nitrogens with zero attached hydrogens (tertiary/aromatic N) is 2. The van der Waals surface area contributed by atoms with Crippen molar-refractivity contribution in [3.63, 3.8) is 0 Å². The van der Waals surface area contributed by atoms with Crippen LogP contribution in [0.4, 0.5) is 5.69 Å². The molecule has 0 saturated carbocycles. The number of benzene rings is 2. The van der Waals surface area contributed by atoms with Crippen LogP contribution in [0.5, 0.6) is 0 Å². The number of anilines is 1. The van der Waals surface area contributed by atoms with E-state index in [1.807, 2.05) is 64.2 Å². The zero-order valence-corrected chi connectivity index (χ0v) is 16.3. The fraction of sp³-hybridized carbons (Fsp3) is 0.250. The van der Waals surface area contributed by atoms with Gasteiger partial charge in [0.05, 0.1) is 11.4 Å². The first-order valence-electron chi connectivity index (χ1n) is 8.44. The predicted molar refractivity (Wildman–Crippen MR) is 104 cm³/mol. The number of nitrogens with one attached hydrogen (secondary N) is 1. The largest absolute Gasteiger partial charge is 0.280 e. The van der Waals surface area contributed by atoms with Crippen molar-refractivity contribution in [2.45, 2.75) is 39.1 Å². The molecule has 0 atom stereocenters. The van der Waals surface area contributed by atoms with E-state index in [2.05, 4.69) is 9.82 Å². The van der Waals surface area contributed by atoms with Gasteiger partial charge in [-0.1, -0.05) is 18.2 Å². The van der Waals surface area contributed by atoms with Gasteiger partial charge in [0.15, 0.2) is 0 Å². The summed E-state index contributed by atoms with van der Waals surface area (Å²) in [5, 5.41) is 4.18. The second-order valence-corrected chi connectivity index (χ2v) is 8.22. The maximum Gasteiger partial charge on any atom is 0.262 e. The van der Waals surface area contributed by atoms with Crippen molar-refractivity contribution in [2.24, 2.45) is 0 Å². The molecule has 0 unspecified atom stereocenters. The van der Waals surface area contributed by atoms with Crippen LogP contribution in [0.15, 0.2) is 53.7 Å². The van der Waals surface area contributed by atoms with Crippen molar-refractivity contribution in [2.75, 3.05) is 4.72 Å². The Hall–Kier alpha value is -2.60. The van der Waals surface area contributed by atoms with Crippen LogP contribution >= 0.6 is 0 Å². The highest BCUT2D eigenvalue weighted by Crippen LogP contribution is 2.28. The van der Waals surface area contributed by atoms with Crippen LogP contribution in [-0.2, 0) is 16.6 Å². The third-order valence-electron chi connectivity index (χ3n) is 4.65. The molecule has 136 valence electrons. The molecular weight excluding hydrogens is 346 g/mol. The first kappa shape index (κ1) is 18.2. The highest BCUT2D eigenvalue weighted by atomic mass is 32.2. The summed E-state index contributed by atoms with van der Waals surface area (Å²) in [7, 11) is -3.67. The van der Waals surface area contributed by atoms with E-state index in [-0.39, 0.29) is 0 Å². The second-order valence-electron chi connectivity index (χ2n) is 6.60. The second kappa shape index (κ2) is 6.96. The fourth-order valence-electron chi connectivity index (χ4n) is 3.10. The molecule has 3 aromatic rings. The molecule has 2 aromatic carbocycles. The lowest BCUT2D eigenvalue weighted by Gasteiger charge is -2.17. The molecule has 6 heteroatoms. The molecule has 0 radical (unpaired) electrons. The Balaban J connectivity index is 1.94. The van der Waals surface area contributed by atoms with E-state index >= 15 is 0 Å². The molecule has 0 aliphatic carbocycles. The van der Waals surface area contributed by atoms with Gasteiger partial charge in [0.25, 0.3) is 10.0 Å². The van der Waals surface area contributed by atoms with E-state index in [1.165, 1.54) is 0 Å². The van der Waals surface area contributed by atoms with Gasteiger partial charge in [-0.25, -0.2) is 8.42 Å². The molecule has 5 nitrogen and oxygen atoms in total. The molecule has 0 bridgehead atoms. The molecule has 0 aliphatic rings. The van der Waals surface area contributed by atoms with Gasteiger partial charge in [0.2, 0.25) is 0 Å². The minimum atomic E-state index is -3.67. The Morgan fingerprint density at radius 3 is 2.31 bits per heavy atom. The monoisotopic (exact) mass is 369 g/mol. The lowest BCUT2D eigenvalue weighted by Crippen LogP contribution is -2.17. The van der Waals surface area contributed by atoms with Gasteiger partial charge in [-0.15, -0.1) is 0 Å². The van der Waals surface area contributed by atoms with Crippen LogP contribution < -0.4 is 4.72 Å². The molecule has 0 fully saturated rings. The molecule has 3 rings (SSSR count). The molecule has 26 heavy (non-hydrogen) atoms. The summed E-state index contributed by atoms with van der Waals surface area (Å²) in [5.41, 5.74) is 5.04. The number of hydrogen-bond donors (Lipinski definition) is 1. The van der Waals surface area contributed by atoms with Crippen LogP contribution in [0.2, 0.25) is 0 Å². The number of aromatic nitrogens is 2. The minimum Gasteiger partial charge on any atom is -0.280 e. The lowest BCUT2D eigenvalue weighted by molar-refractivity contribution is 0.599. The van der Waals surface area contributed by atoms with Crippen molar-refractivity contribution >= 4 is 15.7 Å². The molecule has 1 aromatic heterocycles. The van der Waals surface area contributed by atoms with Crippen molar-refractivity contribution in [3.8, 4) is 0 Å². The normalized spacial score (nSPS) is 11.5. The van der Waals surface area contributed by atoms with E-state index in [4.69, 9.17) is 0 Å². The van der Waals surface area contributed by atoms with Crippen molar-refractivity contribution in [3.05, 3.63) is 76.6 Å². The van der Waals surface area contributed by atoms with E-state index in [1.54, 1.807) is 16.9 Å². The van der Waals surface area contributed by atoms with Gasteiger partial charge in [0, 0.05) is 18.1 Å². The molecular formula is C20H23N3O2S. The molecule has 0 spiro atoms. The van der Waals surface area contributed by atoms with Gasteiger partial charge >= 0.3 is 0 Å². The quantitative estimate of drug-likeness (QED) is 0.740. The highest BCUT2D eigenvalue weighted by Gasteiger charge is 2.22. The highest BCUT2D eigenvalue weighted by molar-refractivity contribution is 7.92. The summed E-state index contributed by atoms with van der Waals surface area (Å²) in [4.78, 5) is 0.368. The summed E-state index contributed by atoms with van der Waals surface area (Å²) in [6, 6.07) is 11.3. The summed E-state index contributed by atoms with van der Waals surface area (Å²) >= 11 is 0. The Bertz CT molecular complexity index is 1010.